The maximum Gasteiger partial charge on any atom is 0.410 e. The molecule has 0 aromatic rings. The van der Waals surface area contributed by atoms with Crippen LogP contribution in [0.15, 0.2) is 0 Å². The minimum absolute atomic E-state index is 0.0542. The molecule has 0 radical (unpaired) electrons. The molecule has 10 heteroatoms. The van der Waals surface area contributed by atoms with E-state index in [9.17, 15) is 18.0 Å². The summed E-state index contributed by atoms with van der Waals surface area (Å²) in [6.45, 7) is 7.97. The number of nitrogens with one attached hydrogen (secondary N) is 1. The second-order valence-electron chi connectivity index (χ2n) is 7.25. The third-order valence-electron chi connectivity index (χ3n) is 3.78. The normalized spacial score (nSPS) is 19.0. The first-order chi connectivity index (χ1) is 12.0. The molecule has 0 aromatic heterocycles. The van der Waals surface area contributed by atoms with E-state index in [1.807, 2.05) is 0 Å². The third-order valence-corrected chi connectivity index (χ3v) is 5.36. The number of rotatable bonds is 7. The Morgan fingerprint density at radius 3 is 2.54 bits per heavy atom. The zero-order chi connectivity index (χ0) is 20.0. The minimum Gasteiger partial charge on any atom is -0.466 e. The fourth-order valence-corrected chi connectivity index (χ4v) is 3.76. The molecule has 1 atom stereocenters. The molecule has 0 bridgehead atoms. The zero-order valence-corrected chi connectivity index (χ0v) is 17.1. The Kier molecular flexibility index (Phi) is 8.29. The van der Waals surface area contributed by atoms with Crippen LogP contribution in [0.25, 0.3) is 0 Å². The summed E-state index contributed by atoms with van der Waals surface area (Å²) in [6.07, 6.45) is 0.700. The number of hydrogen-bond donors (Lipinski definition) is 1. The second kappa shape index (κ2) is 9.52. The van der Waals surface area contributed by atoms with Crippen LogP contribution in [0.4, 0.5) is 4.79 Å². The van der Waals surface area contributed by atoms with Crippen molar-refractivity contribution in [2.45, 2.75) is 46.1 Å². The largest absolute Gasteiger partial charge is 0.466 e. The van der Waals surface area contributed by atoms with Crippen LogP contribution in [0.2, 0.25) is 0 Å². The average Bonchev–Trinajstić information content (AvgIpc) is 2.53. The molecule has 9 nitrogen and oxygen atoms in total. The van der Waals surface area contributed by atoms with E-state index in [2.05, 4.69) is 4.72 Å². The van der Waals surface area contributed by atoms with Crippen LogP contribution in [0.1, 0.15) is 40.5 Å². The molecule has 1 rings (SSSR count). The molecule has 0 spiro atoms. The Morgan fingerprint density at radius 1 is 1.31 bits per heavy atom. The minimum atomic E-state index is -3.72. The number of hydrogen-bond acceptors (Lipinski definition) is 6. The first-order valence-electron chi connectivity index (χ1n) is 8.81. The Labute approximate surface area is 156 Å². The van der Waals surface area contributed by atoms with Crippen molar-refractivity contribution in [1.29, 1.82) is 0 Å². The molecule has 1 fully saturated rings. The number of ether oxygens (including phenoxy) is 2. The van der Waals surface area contributed by atoms with Gasteiger partial charge in [0.15, 0.2) is 0 Å². The van der Waals surface area contributed by atoms with Crippen molar-refractivity contribution in [2.75, 3.05) is 39.8 Å². The Morgan fingerprint density at radius 2 is 1.96 bits per heavy atom. The fraction of sp³-hybridized carbons (Fsp3) is 0.875. The van der Waals surface area contributed by atoms with Gasteiger partial charge in [-0.25, -0.2) is 9.52 Å². The monoisotopic (exact) mass is 393 g/mol. The smallest absolute Gasteiger partial charge is 0.410 e. The van der Waals surface area contributed by atoms with Gasteiger partial charge in [0.2, 0.25) is 0 Å². The van der Waals surface area contributed by atoms with Gasteiger partial charge in [-0.05, 0) is 40.5 Å². The predicted molar refractivity (Wildman–Crippen MR) is 96.7 cm³/mol. The topological polar surface area (TPSA) is 105 Å². The highest BCUT2D eigenvalue weighted by Gasteiger charge is 2.33. The molecule has 1 amide bonds. The highest BCUT2D eigenvalue weighted by atomic mass is 32.2. The molecule has 1 saturated heterocycles. The summed E-state index contributed by atoms with van der Waals surface area (Å²) in [5.74, 6) is -0.804. The summed E-state index contributed by atoms with van der Waals surface area (Å²) in [5, 5.41) is 0. The first kappa shape index (κ1) is 22.7. The van der Waals surface area contributed by atoms with Gasteiger partial charge in [0.1, 0.15) is 5.60 Å². The molecule has 0 aliphatic carbocycles. The predicted octanol–water partition coefficient (Wildman–Crippen LogP) is 0.963. The molecule has 26 heavy (non-hydrogen) atoms. The maximum absolute atomic E-state index is 12.4. The lowest BCUT2D eigenvalue weighted by atomic mass is 10.0. The molecule has 0 unspecified atom stereocenters. The molecule has 0 saturated carbocycles. The third kappa shape index (κ3) is 7.46. The van der Waals surface area contributed by atoms with Crippen molar-refractivity contribution >= 4 is 22.3 Å². The average molecular weight is 394 g/mol. The summed E-state index contributed by atoms with van der Waals surface area (Å²) in [6, 6.07) is 0. The summed E-state index contributed by atoms with van der Waals surface area (Å²) in [5.41, 5.74) is -0.610. The van der Waals surface area contributed by atoms with Crippen molar-refractivity contribution in [1.82, 2.24) is 13.9 Å². The molecule has 1 heterocycles. The van der Waals surface area contributed by atoms with Gasteiger partial charge in [0.05, 0.1) is 12.5 Å². The highest BCUT2D eigenvalue weighted by Crippen LogP contribution is 2.19. The molecule has 1 aliphatic heterocycles. The van der Waals surface area contributed by atoms with Crippen molar-refractivity contribution in [2.24, 2.45) is 5.92 Å². The van der Waals surface area contributed by atoms with Crippen LogP contribution < -0.4 is 4.72 Å². The van der Waals surface area contributed by atoms with Gasteiger partial charge in [0.25, 0.3) is 10.2 Å². The van der Waals surface area contributed by atoms with Crippen LogP contribution >= 0.6 is 0 Å². The lowest BCUT2D eigenvalue weighted by molar-refractivity contribution is -0.149. The number of carbonyl (C=O) groups excluding carboxylic acids is 2. The van der Waals surface area contributed by atoms with Gasteiger partial charge < -0.3 is 14.4 Å². The summed E-state index contributed by atoms with van der Waals surface area (Å²) >= 11 is 0. The maximum atomic E-state index is 12.4. The lowest BCUT2D eigenvalue weighted by Crippen LogP contribution is -2.49. The Balaban J connectivity index is 2.50. The zero-order valence-electron chi connectivity index (χ0n) is 16.3. The van der Waals surface area contributed by atoms with Crippen LogP contribution in [0.3, 0.4) is 0 Å². The number of amides is 1. The standard InChI is InChI=1S/C16H31N3O6S/c1-6-24-14(20)13-8-7-10-19(12-13)26(22,23)17-9-11-18(5)15(21)25-16(2,3)4/h13,17H,6-12H2,1-5H3/t13-/m0/s1. The number of piperidine rings is 1. The first-order valence-corrected chi connectivity index (χ1v) is 10.3. The Bertz CT molecular complexity index is 587. The van der Waals surface area contributed by atoms with Gasteiger partial charge >= 0.3 is 12.1 Å². The van der Waals surface area contributed by atoms with Crippen LogP contribution in [0.5, 0.6) is 0 Å². The molecule has 1 N–H and O–H groups in total. The van der Waals surface area contributed by atoms with Gasteiger partial charge in [-0.3, -0.25) is 4.79 Å². The van der Waals surface area contributed by atoms with Crippen molar-refractivity contribution in [3.8, 4) is 0 Å². The summed E-state index contributed by atoms with van der Waals surface area (Å²) in [4.78, 5) is 25.0. The fourth-order valence-electron chi connectivity index (χ4n) is 2.48. The van der Waals surface area contributed by atoms with Crippen LogP contribution in [-0.2, 0) is 24.5 Å². The van der Waals surface area contributed by atoms with E-state index in [4.69, 9.17) is 9.47 Å². The van der Waals surface area contributed by atoms with E-state index in [0.29, 0.717) is 19.4 Å². The van der Waals surface area contributed by atoms with Crippen LogP contribution in [-0.4, -0.2) is 75.1 Å². The van der Waals surface area contributed by atoms with E-state index < -0.39 is 27.8 Å². The highest BCUT2D eigenvalue weighted by molar-refractivity contribution is 7.87. The number of esters is 1. The summed E-state index contributed by atoms with van der Waals surface area (Å²) < 4.78 is 38.8. The van der Waals surface area contributed by atoms with Crippen molar-refractivity contribution in [3.63, 3.8) is 0 Å². The molecule has 152 valence electrons. The Hall–Kier alpha value is -1.39. The van der Waals surface area contributed by atoms with E-state index >= 15 is 0 Å². The lowest BCUT2D eigenvalue weighted by Gasteiger charge is -2.31. The quantitative estimate of drug-likeness (QED) is 0.646. The van der Waals surface area contributed by atoms with Gasteiger partial charge in [-0.15, -0.1) is 0 Å². The van der Waals surface area contributed by atoms with Crippen LogP contribution in [0, 0.1) is 5.92 Å². The number of likely N-dealkylation sites (N-methyl/N-ethyl adjacent to an activating group) is 1. The summed E-state index contributed by atoms with van der Waals surface area (Å²) in [7, 11) is -2.18. The molecule has 1 aliphatic rings. The van der Waals surface area contributed by atoms with Gasteiger partial charge in [-0.1, -0.05) is 0 Å². The number of nitrogens with zero attached hydrogens (tertiary/aromatic N) is 2. The van der Waals surface area contributed by atoms with Crippen molar-refractivity contribution in [3.05, 3.63) is 0 Å². The molecule has 0 aromatic carbocycles. The number of carbonyl (C=O) groups is 2. The molecular weight excluding hydrogens is 362 g/mol. The van der Waals surface area contributed by atoms with Gasteiger partial charge in [0, 0.05) is 33.2 Å². The molecular formula is C16H31N3O6S. The van der Waals surface area contributed by atoms with E-state index in [1.165, 1.54) is 9.21 Å². The second-order valence-corrected chi connectivity index (χ2v) is 9.01. The SMILES string of the molecule is CCOC(=O)[C@H]1CCCN(S(=O)(=O)NCCN(C)C(=O)OC(C)(C)C)C1. The van der Waals surface area contributed by atoms with E-state index in [0.717, 1.165) is 0 Å². The van der Waals surface area contributed by atoms with E-state index in [1.54, 1.807) is 34.7 Å². The van der Waals surface area contributed by atoms with Gasteiger partial charge in [-0.2, -0.15) is 12.7 Å². The van der Waals surface area contributed by atoms with Crippen molar-refractivity contribution < 1.29 is 27.5 Å². The van der Waals surface area contributed by atoms with E-state index in [-0.39, 0.29) is 32.2 Å².